The van der Waals surface area contributed by atoms with Gasteiger partial charge in [-0.25, -0.2) is 0 Å². The minimum absolute atomic E-state index is 0.194. The van der Waals surface area contributed by atoms with Crippen molar-refractivity contribution in [3.63, 3.8) is 0 Å². The molecule has 0 N–H and O–H groups in total. The van der Waals surface area contributed by atoms with Crippen LogP contribution in [0, 0.1) is 24.0 Å². The SMILES string of the molecule is Cc1cc(C)c([N+](=O)[O-])cc1CBr. The summed E-state index contributed by atoms with van der Waals surface area (Å²) in [6, 6.07) is 3.47. The molecule has 0 fully saturated rings. The molecule has 0 aliphatic carbocycles. The second-order valence-electron chi connectivity index (χ2n) is 2.96. The van der Waals surface area contributed by atoms with E-state index in [1.165, 1.54) is 0 Å². The van der Waals surface area contributed by atoms with E-state index in [-0.39, 0.29) is 10.6 Å². The summed E-state index contributed by atoms with van der Waals surface area (Å²) in [6.45, 7) is 3.70. The molecular weight excluding hydrogens is 234 g/mol. The number of benzene rings is 1. The van der Waals surface area contributed by atoms with Gasteiger partial charge >= 0.3 is 0 Å². The average Bonchev–Trinajstić information content (AvgIpc) is 2.03. The van der Waals surface area contributed by atoms with Crippen molar-refractivity contribution in [2.45, 2.75) is 19.2 Å². The Morgan fingerprint density at radius 3 is 2.46 bits per heavy atom. The van der Waals surface area contributed by atoms with Crippen LogP contribution in [0.3, 0.4) is 0 Å². The fourth-order valence-electron chi connectivity index (χ4n) is 1.22. The van der Waals surface area contributed by atoms with Crippen molar-refractivity contribution in [1.82, 2.24) is 0 Å². The molecule has 0 aliphatic rings. The van der Waals surface area contributed by atoms with Crippen molar-refractivity contribution in [1.29, 1.82) is 0 Å². The topological polar surface area (TPSA) is 43.1 Å². The van der Waals surface area contributed by atoms with Crippen molar-refractivity contribution < 1.29 is 4.92 Å². The largest absolute Gasteiger partial charge is 0.272 e. The summed E-state index contributed by atoms with van der Waals surface area (Å²) < 4.78 is 0. The van der Waals surface area contributed by atoms with E-state index in [4.69, 9.17) is 0 Å². The van der Waals surface area contributed by atoms with E-state index in [1.54, 1.807) is 13.0 Å². The maximum atomic E-state index is 10.6. The van der Waals surface area contributed by atoms with Crippen LogP contribution in [0.25, 0.3) is 0 Å². The second kappa shape index (κ2) is 3.87. The predicted octanol–water partition coefficient (Wildman–Crippen LogP) is 3.11. The molecule has 0 amide bonds. The predicted molar refractivity (Wildman–Crippen MR) is 55.2 cm³/mol. The first-order valence-electron chi connectivity index (χ1n) is 3.86. The molecule has 0 saturated heterocycles. The van der Waals surface area contributed by atoms with Gasteiger partial charge < -0.3 is 0 Å². The Morgan fingerprint density at radius 2 is 2.00 bits per heavy atom. The Hall–Kier alpha value is -0.900. The molecule has 0 saturated carbocycles. The maximum Gasteiger partial charge on any atom is 0.272 e. The number of hydrogen-bond donors (Lipinski definition) is 0. The molecule has 0 heterocycles. The number of aryl methyl sites for hydroxylation is 2. The minimum atomic E-state index is -0.346. The number of hydrogen-bond acceptors (Lipinski definition) is 2. The van der Waals surface area contributed by atoms with Gasteiger partial charge in [0.1, 0.15) is 0 Å². The van der Waals surface area contributed by atoms with Gasteiger partial charge in [-0.3, -0.25) is 10.1 Å². The molecule has 3 nitrogen and oxygen atoms in total. The number of alkyl halides is 1. The third-order valence-electron chi connectivity index (χ3n) is 2.00. The quantitative estimate of drug-likeness (QED) is 0.455. The average molecular weight is 244 g/mol. The van der Waals surface area contributed by atoms with E-state index in [0.29, 0.717) is 10.9 Å². The summed E-state index contributed by atoms with van der Waals surface area (Å²) >= 11 is 3.29. The van der Waals surface area contributed by atoms with Crippen molar-refractivity contribution in [2.24, 2.45) is 0 Å². The highest BCUT2D eigenvalue weighted by molar-refractivity contribution is 9.08. The summed E-state index contributed by atoms with van der Waals surface area (Å²) in [7, 11) is 0. The van der Waals surface area contributed by atoms with Gasteiger partial charge in [0.15, 0.2) is 0 Å². The third kappa shape index (κ3) is 2.06. The minimum Gasteiger partial charge on any atom is -0.258 e. The van der Waals surface area contributed by atoms with E-state index >= 15 is 0 Å². The van der Waals surface area contributed by atoms with Gasteiger partial charge in [-0.15, -0.1) is 0 Å². The van der Waals surface area contributed by atoms with Gasteiger partial charge in [0.25, 0.3) is 5.69 Å². The summed E-state index contributed by atoms with van der Waals surface area (Å²) in [4.78, 5) is 10.2. The molecule has 0 aliphatic heterocycles. The van der Waals surface area contributed by atoms with E-state index in [9.17, 15) is 10.1 Å². The summed E-state index contributed by atoms with van der Waals surface area (Å²) in [5, 5.41) is 11.2. The smallest absolute Gasteiger partial charge is 0.258 e. The van der Waals surface area contributed by atoms with E-state index < -0.39 is 0 Å². The van der Waals surface area contributed by atoms with E-state index in [0.717, 1.165) is 11.1 Å². The zero-order chi connectivity index (χ0) is 10.0. The number of nitro benzene ring substituents is 1. The molecule has 0 unspecified atom stereocenters. The highest BCUT2D eigenvalue weighted by Gasteiger charge is 2.12. The number of halogens is 1. The fraction of sp³-hybridized carbons (Fsp3) is 0.333. The van der Waals surface area contributed by atoms with Crippen LogP contribution in [0.1, 0.15) is 16.7 Å². The summed E-state index contributed by atoms with van der Waals surface area (Å²) in [5.74, 6) is 0. The molecule has 0 bridgehead atoms. The van der Waals surface area contributed by atoms with Crippen molar-refractivity contribution >= 4 is 21.6 Å². The summed E-state index contributed by atoms with van der Waals surface area (Å²) in [5.41, 5.74) is 2.96. The standard InChI is InChI=1S/C9H10BrNO2/c1-6-3-7(2)9(11(12)13)4-8(6)5-10/h3-4H,5H2,1-2H3. The van der Waals surface area contributed by atoms with Crippen LogP contribution in [0.15, 0.2) is 12.1 Å². The molecule has 13 heavy (non-hydrogen) atoms. The maximum absolute atomic E-state index is 10.6. The molecule has 0 aromatic heterocycles. The van der Waals surface area contributed by atoms with Crippen molar-refractivity contribution in [3.8, 4) is 0 Å². The molecule has 1 rings (SSSR count). The first-order chi connectivity index (χ1) is 6.06. The van der Waals surface area contributed by atoms with Crippen LogP contribution in [0.4, 0.5) is 5.69 Å². The van der Waals surface area contributed by atoms with Crippen LogP contribution < -0.4 is 0 Å². The van der Waals surface area contributed by atoms with Crippen molar-refractivity contribution in [3.05, 3.63) is 38.9 Å². The lowest BCUT2D eigenvalue weighted by molar-refractivity contribution is -0.385. The lowest BCUT2D eigenvalue weighted by Crippen LogP contribution is -1.95. The van der Waals surface area contributed by atoms with Crippen LogP contribution in [-0.2, 0) is 5.33 Å². The fourth-order valence-corrected chi connectivity index (χ4v) is 1.83. The lowest BCUT2D eigenvalue weighted by atomic mass is 10.1. The van der Waals surface area contributed by atoms with E-state index in [2.05, 4.69) is 15.9 Å². The Labute approximate surface area is 85.0 Å². The number of nitrogens with zero attached hydrogens (tertiary/aromatic N) is 1. The van der Waals surface area contributed by atoms with Crippen LogP contribution >= 0.6 is 15.9 Å². The molecular formula is C9H10BrNO2. The van der Waals surface area contributed by atoms with Gasteiger partial charge in [0.05, 0.1) is 4.92 Å². The normalized spacial score (nSPS) is 10.1. The zero-order valence-corrected chi connectivity index (χ0v) is 9.09. The number of rotatable bonds is 2. The first kappa shape index (κ1) is 10.2. The molecule has 0 radical (unpaired) electrons. The third-order valence-corrected chi connectivity index (χ3v) is 2.60. The summed E-state index contributed by atoms with van der Waals surface area (Å²) in [6.07, 6.45) is 0. The Morgan fingerprint density at radius 1 is 1.38 bits per heavy atom. The molecule has 1 aromatic carbocycles. The second-order valence-corrected chi connectivity index (χ2v) is 3.52. The van der Waals surface area contributed by atoms with Gasteiger partial charge in [-0.1, -0.05) is 15.9 Å². The molecule has 1 aromatic rings. The molecule has 4 heteroatoms. The van der Waals surface area contributed by atoms with Crippen LogP contribution in [-0.4, -0.2) is 4.92 Å². The monoisotopic (exact) mass is 243 g/mol. The Kier molecular flexibility index (Phi) is 3.03. The zero-order valence-electron chi connectivity index (χ0n) is 7.50. The van der Waals surface area contributed by atoms with Crippen LogP contribution in [0.2, 0.25) is 0 Å². The van der Waals surface area contributed by atoms with Gasteiger partial charge in [-0.05, 0) is 31.0 Å². The highest BCUT2D eigenvalue weighted by Crippen LogP contribution is 2.23. The first-order valence-corrected chi connectivity index (χ1v) is 4.99. The molecule has 70 valence electrons. The highest BCUT2D eigenvalue weighted by atomic mass is 79.9. The number of nitro groups is 1. The Bertz CT molecular complexity index is 350. The van der Waals surface area contributed by atoms with Crippen molar-refractivity contribution in [2.75, 3.05) is 0 Å². The van der Waals surface area contributed by atoms with E-state index in [1.807, 2.05) is 13.0 Å². The van der Waals surface area contributed by atoms with Gasteiger partial charge in [0.2, 0.25) is 0 Å². The van der Waals surface area contributed by atoms with Gasteiger partial charge in [-0.2, -0.15) is 0 Å². The van der Waals surface area contributed by atoms with Crippen LogP contribution in [0.5, 0.6) is 0 Å². The van der Waals surface area contributed by atoms with Gasteiger partial charge in [0, 0.05) is 17.0 Å². The molecule has 0 atom stereocenters. The lowest BCUT2D eigenvalue weighted by Gasteiger charge is -2.03. The Balaban J connectivity index is 3.30. The molecule has 0 spiro atoms.